The minimum atomic E-state index is 1.18. The number of hydrogen-bond acceptors (Lipinski definition) is 1. The predicted octanol–water partition coefficient (Wildman–Crippen LogP) is 10.0. The summed E-state index contributed by atoms with van der Waals surface area (Å²) in [6, 6.07) is 48.7. The van der Waals surface area contributed by atoms with Crippen LogP contribution in [-0.2, 0) is 0 Å². The van der Waals surface area contributed by atoms with E-state index in [4.69, 9.17) is 0 Å². The molecule has 0 radical (unpaired) electrons. The van der Waals surface area contributed by atoms with Crippen molar-refractivity contribution in [2.75, 3.05) is 0 Å². The SMILES string of the molecule is c1ccc2c(c1)Sc1cccc3c4cc(-c5ccc(-n6c7ccccc7c7ccccc76)cc5)ccc4n-2c13. The third-order valence-corrected chi connectivity index (χ3v) is 9.23. The molecule has 0 amide bonds. The Morgan fingerprint density at radius 3 is 1.82 bits per heavy atom. The zero-order valence-electron chi connectivity index (χ0n) is 21.0. The molecule has 2 aromatic heterocycles. The van der Waals surface area contributed by atoms with Crippen molar-refractivity contribution < 1.29 is 0 Å². The third-order valence-electron chi connectivity index (χ3n) is 8.12. The van der Waals surface area contributed by atoms with E-state index in [2.05, 4.69) is 143 Å². The normalized spacial score (nSPS) is 12.5. The summed E-state index contributed by atoms with van der Waals surface area (Å²) in [4.78, 5) is 2.62. The van der Waals surface area contributed by atoms with Crippen LogP contribution in [-0.4, -0.2) is 9.13 Å². The predicted molar refractivity (Wildman–Crippen MR) is 165 cm³/mol. The molecule has 0 aliphatic carbocycles. The van der Waals surface area contributed by atoms with E-state index < -0.39 is 0 Å². The van der Waals surface area contributed by atoms with E-state index in [1.807, 2.05) is 11.8 Å². The Bertz CT molecular complexity index is 2200. The van der Waals surface area contributed by atoms with Gasteiger partial charge in [-0.25, -0.2) is 0 Å². The molecule has 3 heteroatoms. The molecule has 2 nitrogen and oxygen atoms in total. The zero-order chi connectivity index (χ0) is 25.5. The Labute approximate surface area is 229 Å². The van der Waals surface area contributed by atoms with Crippen molar-refractivity contribution in [3.05, 3.63) is 133 Å². The minimum Gasteiger partial charge on any atom is -0.309 e. The smallest absolute Gasteiger partial charge is 0.0681 e. The minimum absolute atomic E-state index is 1.18. The molecule has 6 aromatic carbocycles. The van der Waals surface area contributed by atoms with Crippen molar-refractivity contribution in [3.8, 4) is 22.5 Å². The standard InChI is InChI=1S/C36H22N2S/c1-3-11-30-26(8-1)27-9-2-4-12-31(27)37(30)25-19-16-23(17-20-25)24-18-21-32-29(22-24)28-10-7-15-35-36(28)38(32)33-13-5-6-14-34(33)39-35/h1-22H. The Kier molecular flexibility index (Phi) is 4.29. The largest absolute Gasteiger partial charge is 0.309 e. The first-order chi connectivity index (χ1) is 19.3. The lowest BCUT2D eigenvalue weighted by Crippen LogP contribution is -2.00. The lowest BCUT2D eigenvalue weighted by Gasteiger charge is -2.19. The summed E-state index contributed by atoms with van der Waals surface area (Å²) in [6.45, 7) is 0. The van der Waals surface area contributed by atoms with Gasteiger partial charge in [-0.2, -0.15) is 0 Å². The molecular formula is C36H22N2S. The van der Waals surface area contributed by atoms with Crippen LogP contribution in [0.3, 0.4) is 0 Å². The van der Waals surface area contributed by atoms with Gasteiger partial charge in [0.05, 0.1) is 27.8 Å². The van der Waals surface area contributed by atoms with Gasteiger partial charge in [-0.15, -0.1) is 0 Å². The molecule has 0 atom stereocenters. The van der Waals surface area contributed by atoms with Crippen molar-refractivity contribution in [1.29, 1.82) is 0 Å². The second-order valence-corrected chi connectivity index (χ2v) is 11.3. The second kappa shape index (κ2) is 7.89. The molecule has 0 spiro atoms. The quantitative estimate of drug-likeness (QED) is 0.223. The summed E-state index contributed by atoms with van der Waals surface area (Å²) in [7, 11) is 0. The van der Waals surface area contributed by atoms with Gasteiger partial charge in [0.25, 0.3) is 0 Å². The number of nitrogens with zero attached hydrogens (tertiary/aromatic N) is 2. The van der Waals surface area contributed by atoms with Crippen molar-refractivity contribution in [1.82, 2.24) is 9.13 Å². The van der Waals surface area contributed by atoms with Gasteiger partial charge in [0.2, 0.25) is 0 Å². The topological polar surface area (TPSA) is 9.86 Å². The molecule has 3 heterocycles. The molecular weight excluding hydrogens is 492 g/mol. The van der Waals surface area contributed by atoms with E-state index >= 15 is 0 Å². The molecule has 8 aromatic rings. The monoisotopic (exact) mass is 514 g/mol. The van der Waals surface area contributed by atoms with Crippen LogP contribution in [0.4, 0.5) is 0 Å². The molecule has 1 aliphatic heterocycles. The lowest BCUT2D eigenvalue weighted by molar-refractivity contribution is 1.09. The van der Waals surface area contributed by atoms with Crippen LogP contribution in [0.15, 0.2) is 143 Å². The summed E-state index contributed by atoms with van der Waals surface area (Å²) in [6.07, 6.45) is 0. The maximum Gasteiger partial charge on any atom is 0.0681 e. The van der Waals surface area contributed by atoms with Gasteiger partial charge in [0.1, 0.15) is 0 Å². The van der Waals surface area contributed by atoms with Gasteiger partial charge in [-0.3, -0.25) is 0 Å². The van der Waals surface area contributed by atoms with Crippen LogP contribution in [0.2, 0.25) is 0 Å². The Morgan fingerprint density at radius 1 is 0.410 bits per heavy atom. The van der Waals surface area contributed by atoms with Gasteiger partial charge in [-0.1, -0.05) is 90.6 Å². The summed E-state index contributed by atoms with van der Waals surface area (Å²) >= 11 is 1.87. The average Bonchev–Trinajstić information content (AvgIpc) is 3.52. The van der Waals surface area contributed by atoms with E-state index in [0.29, 0.717) is 0 Å². The van der Waals surface area contributed by atoms with Gasteiger partial charge < -0.3 is 9.13 Å². The molecule has 0 saturated heterocycles. The molecule has 0 unspecified atom stereocenters. The first-order valence-corrected chi connectivity index (χ1v) is 14.1. The molecule has 9 rings (SSSR count). The summed E-state index contributed by atoms with van der Waals surface area (Å²) in [5, 5.41) is 5.19. The zero-order valence-corrected chi connectivity index (χ0v) is 21.8. The fourth-order valence-corrected chi connectivity index (χ4v) is 7.49. The molecule has 1 aliphatic rings. The van der Waals surface area contributed by atoms with Gasteiger partial charge in [0.15, 0.2) is 0 Å². The van der Waals surface area contributed by atoms with E-state index in [1.54, 1.807) is 0 Å². The highest BCUT2D eigenvalue weighted by Crippen LogP contribution is 2.47. The summed E-state index contributed by atoms with van der Waals surface area (Å²) in [5.41, 5.74) is 9.96. The summed E-state index contributed by atoms with van der Waals surface area (Å²) in [5.74, 6) is 0. The fourth-order valence-electron chi connectivity index (χ4n) is 6.40. The molecule has 0 N–H and O–H groups in total. The first kappa shape index (κ1) is 21.2. The number of fused-ring (bicyclic) bond motifs is 8. The lowest BCUT2D eigenvalue weighted by atomic mass is 10.0. The fraction of sp³-hybridized carbons (Fsp3) is 0. The molecule has 39 heavy (non-hydrogen) atoms. The van der Waals surface area contributed by atoms with Crippen molar-refractivity contribution >= 4 is 55.4 Å². The van der Waals surface area contributed by atoms with Crippen LogP contribution in [0.1, 0.15) is 0 Å². The van der Waals surface area contributed by atoms with Gasteiger partial charge in [-0.05, 0) is 65.7 Å². The number of benzene rings is 6. The summed E-state index contributed by atoms with van der Waals surface area (Å²) < 4.78 is 4.82. The molecule has 0 saturated carbocycles. The Hall–Kier alpha value is -4.73. The van der Waals surface area contributed by atoms with Gasteiger partial charge >= 0.3 is 0 Å². The highest BCUT2D eigenvalue weighted by atomic mass is 32.2. The van der Waals surface area contributed by atoms with Crippen LogP contribution < -0.4 is 0 Å². The second-order valence-electron chi connectivity index (χ2n) is 10.2. The van der Waals surface area contributed by atoms with E-state index in [1.165, 1.54) is 75.9 Å². The van der Waals surface area contributed by atoms with Crippen molar-refractivity contribution in [2.24, 2.45) is 0 Å². The maximum absolute atomic E-state index is 2.45. The average molecular weight is 515 g/mol. The number of hydrogen-bond donors (Lipinski definition) is 0. The number of para-hydroxylation sites is 4. The third kappa shape index (κ3) is 2.94. The number of aromatic nitrogens is 2. The molecule has 0 fully saturated rings. The van der Waals surface area contributed by atoms with Crippen LogP contribution in [0, 0.1) is 0 Å². The highest BCUT2D eigenvalue weighted by molar-refractivity contribution is 7.99. The number of rotatable bonds is 2. The Morgan fingerprint density at radius 2 is 1.03 bits per heavy atom. The Balaban J connectivity index is 1.21. The first-order valence-electron chi connectivity index (χ1n) is 13.3. The van der Waals surface area contributed by atoms with Crippen LogP contribution in [0.25, 0.3) is 66.1 Å². The van der Waals surface area contributed by atoms with Crippen molar-refractivity contribution in [2.45, 2.75) is 9.79 Å². The van der Waals surface area contributed by atoms with E-state index in [0.717, 1.165) is 0 Å². The highest BCUT2D eigenvalue weighted by Gasteiger charge is 2.22. The van der Waals surface area contributed by atoms with E-state index in [-0.39, 0.29) is 0 Å². The van der Waals surface area contributed by atoms with Crippen LogP contribution in [0.5, 0.6) is 0 Å². The van der Waals surface area contributed by atoms with Crippen LogP contribution >= 0.6 is 11.8 Å². The molecule has 0 bridgehead atoms. The maximum atomic E-state index is 2.45. The van der Waals surface area contributed by atoms with Gasteiger partial charge in [0, 0.05) is 37.0 Å². The van der Waals surface area contributed by atoms with E-state index in [9.17, 15) is 0 Å². The van der Waals surface area contributed by atoms with Crippen molar-refractivity contribution in [3.63, 3.8) is 0 Å². The molecule has 182 valence electrons.